The maximum Gasteiger partial charge on any atom is 0.277 e. The van der Waals surface area contributed by atoms with Crippen molar-refractivity contribution in [2.24, 2.45) is 0 Å². The van der Waals surface area contributed by atoms with Crippen molar-refractivity contribution in [1.82, 2.24) is 15.2 Å². The largest absolute Gasteiger partial charge is 0.411 e. The summed E-state index contributed by atoms with van der Waals surface area (Å²) in [6.45, 7) is 0. The standard InChI is InChI=1S/C18H12ClN3O2S/c19-14-7-3-1-6-13(14)17-21-22-18(24-17)25-10-11-9-16(23)20-15-8-4-2-5-12(11)15/h1-9H,10H2,(H,20,23). The van der Waals surface area contributed by atoms with E-state index < -0.39 is 0 Å². The van der Waals surface area contributed by atoms with Gasteiger partial charge in [-0.15, -0.1) is 10.2 Å². The minimum absolute atomic E-state index is 0.128. The van der Waals surface area contributed by atoms with E-state index in [1.165, 1.54) is 11.8 Å². The maximum atomic E-state index is 11.8. The van der Waals surface area contributed by atoms with Gasteiger partial charge in [0.2, 0.25) is 11.4 Å². The van der Waals surface area contributed by atoms with Crippen LogP contribution >= 0.6 is 23.4 Å². The molecule has 0 saturated carbocycles. The molecule has 124 valence electrons. The first-order valence-corrected chi connectivity index (χ1v) is 8.89. The van der Waals surface area contributed by atoms with E-state index >= 15 is 0 Å². The van der Waals surface area contributed by atoms with E-state index in [0.29, 0.717) is 27.5 Å². The minimum Gasteiger partial charge on any atom is -0.411 e. The first kappa shape index (κ1) is 15.9. The molecule has 0 aliphatic rings. The zero-order chi connectivity index (χ0) is 17.2. The number of pyridine rings is 1. The van der Waals surface area contributed by atoms with Gasteiger partial charge in [-0.1, -0.05) is 53.7 Å². The highest BCUT2D eigenvalue weighted by atomic mass is 35.5. The lowest BCUT2D eigenvalue weighted by Gasteiger charge is -2.04. The molecule has 0 atom stereocenters. The Bertz CT molecular complexity index is 1110. The van der Waals surface area contributed by atoms with Crippen molar-refractivity contribution in [3.05, 3.63) is 75.5 Å². The number of para-hydroxylation sites is 1. The summed E-state index contributed by atoms with van der Waals surface area (Å²) in [7, 11) is 0. The number of fused-ring (bicyclic) bond motifs is 1. The molecule has 4 aromatic rings. The molecule has 0 radical (unpaired) electrons. The summed E-state index contributed by atoms with van der Waals surface area (Å²) in [6.07, 6.45) is 0. The second-order valence-electron chi connectivity index (χ2n) is 5.35. The molecular formula is C18H12ClN3O2S. The number of nitrogens with one attached hydrogen (secondary N) is 1. The molecule has 0 amide bonds. The van der Waals surface area contributed by atoms with Crippen molar-refractivity contribution in [2.45, 2.75) is 11.0 Å². The first-order chi connectivity index (χ1) is 12.2. The normalized spacial score (nSPS) is 11.1. The number of hydrogen-bond acceptors (Lipinski definition) is 5. The van der Waals surface area contributed by atoms with Crippen molar-refractivity contribution >= 4 is 34.3 Å². The topological polar surface area (TPSA) is 71.8 Å². The van der Waals surface area contributed by atoms with Crippen LogP contribution in [0.4, 0.5) is 0 Å². The van der Waals surface area contributed by atoms with Crippen molar-refractivity contribution in [1.29, 1.82) is 0 Å². The van der Waals surface area contributed by atoms with Crippen molar-refractivity contribution in [3.63, 3.8) is 0 Å². The van der Waals surface area contributed by atoms with Gasteiger partial charge in [-0.25, -0.2) is 0 Å². The molecule has 5 nitrogen and oxygen atoms in total. The van der Waals surface area contributed by atoms with Crippen LogP contribution in [-0.4, -0.2) is 15.2 Å². The molecule has 2 aromatic carbocycles. The Kier molecular flexibility index (Phi) is 4.29. The van der Waals surface area contributed by atoms with Crippen LogP contribution in [0.1, 0.15) is 5.56 Å². The predicted octanol–water partition coefficient (Wildman–Crippen LogP) is 4.52. The number of aromatic amines is 1. The van der Waals surface area contributed by atoms with Crippen LogP contribution in [0.25, 0.3) is 22.4 Å². The number of benzene rings is 2. The second kappa shape index (κ2) is 6.74. The Morgan fingerprint density at radius 2 is 1.88 bits per heavy atom. The fraction of sp³-hybridized carbons (Fsp3) is 0.0556. The molecule has 2 heterocycles. The molecule has 4 rings (SSSR count). The van der Waals surface area contributed by atoms with Crippen LogP contribution in [0.5, 0.6) is 0 Å². The predicted molar refractivity (Wildman–Crippen MR) is 98.9 cm³/mol. The average molecular weight is 370 g/mol. The maximum absolute atomic E-state index is 11.8. The third-order valence-corrected chi connectivity index (χ3v) is 4.89. The molecule has 0 aliphatic carbocycles. The van der Waals surface area contributed by atoms with Gasteiger partial charge in [0.25, 0.3) is 5.22 Å². The van der Waals surface area contributed by atoms with Crippen molar-refractivity contribution < 1.29 is 4.42 Å². The number of halogens is 1. The van der Waals surface area contributed by atoms with Gasteiger partial charge in [0.15, 0.2) is 0 Å². The van der Waals surface area contributed by atoms with Crippen molar-refractivity contribution in [3.8, 4) is 11.5 Å². The Morgan fingerprint density at radius 3 is 2.76 bits per heavy atom. The highest BCUT2D eigenvalue weighted by Gasteiger charge is 2.12. The van der Waals surface area contributed by atoms with Crippen molar-refractivity contribution in [2.75, 3.05) is 0 Å². The number of thioether (sulfide) groups is 1. The van der Waals surface area contributed by atoms with E-state index in [4.69, 9.17) is 16.0 Å². The summed E-state index contributed by atoms with van der Waals surface area (Å²) in [4.78, 5) is 14.6. The summed E-state index contributed by atoms with van der Waals surface area (Å²) in [5, 5.41) is 10.1. The average Bonchev–Trinajstić information content (AvgIpc) is 3.08. The van der Waals surface area contributed by atoms with Gasteiger partial charge >= 0.3 is 0 Å². The molecule has 0 unspecified atom stereocenters. The highest BCUT2D eigenvalue weighted by molar-refractivity contribution is 7.98. The van der Waals surface area contributed by atoms with E-state index in [1.54, 1.807) is 12.1 Å². The van der Waals surface area contributed by atoms with Gasteiger partial charge < -0.3 is 9.40 Å². The first-order valence-electron chi connectivity index (χ1n) is 7.53. The number of aromatic nitrogens is 3. The van der Waals surface area contributed by atoms with Gasteiger partial charge in [-0.3, -0.25) is 4.79 Å². The van der Waals surface area contributed by atoms with Crippen LogP contribution in [0.15, 0.2) is 69.0 Å². The third-order valence-electron chi connectivity index (χ3n) is 3.70. The molecule has 2 aromatic heterocycles. The molecule has 0 saturated heterocycles. The lowest BCUT2D eigenvalue weighted by molar-refractivity contribution is 0.466. The molecule has 25 heavy (non-hydrogen) atoms. The van der Waals surface area contributed by atoms with E-state index in [2.05, 4.69) is 15.2 Å². The highest BCUT2D eigenvalue weighted by Crippen LogP contribution is 2.30. The van der Waals surface area contributed by atoms with Crippen LogP contribution in [0, 0.1) is 0 Å². The Labute approximate surface area is 152 Å². The van der Waals surface area contributed by atoms with Crippen LogP contribution < -0.4 is 5.56 Å². The fourth-order valence-corrected chi connectivity index (χ4v) is 3.52. The smallest absolute Gasteiger partial charge is 0.277 e. The zero-order valence-electron chi connectivity index (χ0n) is 12.9. The molecule has 0 fully saturated rings. The van der Waals surface area contributed by atoms with E-state index in [-0.39, 0.29) is 5.56 Å². The van der Waals surface area contributed by atoms with Crippen LogP contribution in [0.3, 0.4) is 0 Å². The summed E-state index contributed by atoms with van der Waals surface area (Å²) < 4.78 is 5.68. The van der Waals surface area contributed by atoms with Gasteiger partial charge in [0.1, 0.15) is 0 Å². The number of H-pyrrole nitrogens is 1. The third kappa shape index (κ3) is 3.31. The van der Waals surface area contributed by atoms with E-state index in [1.807, 2.05) is 42.5 Å². The van der Waals surface area contributed by atoms with Crippen LogP contribution in [0.2, 0.25) is 5.02 Å². The van der Waals surface area contributed by atoms with Gasteiger partial charge in [-0.05, 0) is 23.8 Å². The van der Waals surface area contributed by atoms with Gasteiger partial charge in [0.05, 0.1) is 10.6 Å². The second-order valence-corrected chi connectivity index (χ2v) is 6.68. The minimum atomic E-state index is -0.128. The summed E-state index contributed by atoms with van der Waals surface area (Å²) in [5.41, 5.74) is 2.30. The zero-order valence-corrected chi connectivity index (χ0v) is 14.5. The number of rotatable bonds is 4. The Morgan fingerprint density at radius 1 is 1.08 bits per heavy atom. The Balaban J connectivity index is 1.59. The van der Waals surface area contributed by atoms with E-state index in [0.717, 1.165) is 16.5 Å². The van der Waals surface area contributed by atoms with Crippen LogP contribution in [-0.2, 0) is 5.75 Å². The summed E-state index contributed by atoms with van der Waals surface area (Å²) in [6, 6.07) is 16.6. The summed E-state index contributed by atoms with van der Waals surface area (Å²) >= 11 is 7.53. The SMILES string of the molecule is O=c1cc(CSc2nnc(-c3ccccc3Cl)o2)c2ccccc2[nH]1. The molecule has 0 spiro atoms. The quantitative estimate of drug-likeness (QED) is 0.535. The van der Waals surface area contributed by atoms with Gasteiger partial charge in [-0.2, -0.15) is 0 Å². The molecule has 0 bridgehead atoms. The van der Waals surface area contributed by atoms with E-state index in [9.17, 15) is 4.79 Å². The van der Waals surface area contributed by atoms with Gasteiger partial charge in [0, 0.05) is 22.7 Å². The molecule has 7 heteroatoms. The molecule has 1 N–H and O–H groups in total. The fourth-order valence-electron chi connectivity index (χ4n) is 2.55. The monoisotopic (exact) mass is 369 g/mol. The molecule has 0 aliphatic heterocycles. The lowest BCUT2D eigenvalue weighted by Crippen LogP contribution is -2.05. The summed E-state index contributed by atoms with van der Waals surface area (Å²) in [5.74, 6) is 0.929. The molecular weight excluding hydrogens is 358 g/mol. The Hall–Kier alpha value is -2.57. The lowest BCUT2D eigenvalue weighted by atomic mass is 10.1. The number of nitrogens with zero attached hydrogens (tertiary/aromatic N) is 2. The number of hydrogen-bond donors (Lipinski definition) is 1.